The number of hydrogen-bond donors (Lipinski definition) is 4. The van der Waals surface area contributed by atoms with Gasteiger partial charge in [0.2, 0.25) is 0 Å². The Morgan fingerprint density at radius 2 is 1.31 bits per heavy atom. The Hall–Kier alpha value is -4.98. The molecule has 1 heterocycles. The van der Waals surface area contributed by atoms with E-state index in [2.05, 4.69) is 20.9 Å². The van der Waals surface area contributed by atoms with Gasteiger partial charge >= 0.3 is 12.0 Å². The first-order chi connectivity index (χ1) is 17.5. The maximum absolute atomic E-state index is 12.6. The molecule has 0 saturated heterocycles. The standard InChI is InChI=1S/C28H24N4O4/c33-26(32-25(27(34)35)17-19-7-3-1-4-8-19)24-16-13-21(18-29-24)20-11-14-23(15-12-20)31-28(36)30-22-9-5-2-6-10-22/h1-16,18,25H,17H2,(H,32,33)(H,34,35)(H2,30,31,36)/t25-/m0/s1. The fourth-order valence-corrected chi connectivity index (χ4v) is 3.54. The predicted molar refractivity (Wildman–Crippen MR) is 138 cm³/mol. The summed E-state index contributed by atoms with van der Waals surface area (Å²) < 4.78 is 0. The lowest BCUT2D eigenvalue weighted by Crippen LogP contribution is -2.42. The number of aromatic nitrogens is 1. The summed E-state index contributed by atoms with van der Waals surface area (Å²) in [4.78, 5) is 40.6. The number of anilines is 2. The van der Waals surface area contributed by atoms with Crippen molar-refractivity contribution in [2.75, 3.05) is 10.6 Å². The van der Waals surface area contributed by atoms with E-state index in [9.17, 15) is 19.5 Å². The minimum absolute atomic E-state index is 0.119. The zero-order chi connectivity index (χ0) is 25.3. The molecule has 0 spiro atoms. The number of carbonyl (C=O) groups is 3. The van der Waals surface area contributed by atoms with Gasteiger partial charge in [-0.3, -0.25) is 9.78 Å². The third kappa shape index (κ3) is 6.54. The van der Waals surface area contributed by atoms with Gasteiger partial charge in [0.15, 0.2) is 0 Å². The molecule has 4 N–H and O–H groups in total. The molecule has 8 heteroatoms. The lowest BCUT2D eigenvalue weighted by molar-refractivity contribution is -0.139. The lowest BCUT2D eigenvalue weighted by atomic mass is 10.1. The van der Waals surface area contributed by atoms with E-state index in [1.54, 1.807) is 42.6 Å². The first-order valence-electron chi connectivity index (χ1n) is 11.2. The van der Waals surface area contributed by atoms with Gasteiger partial charge in [0.25, 0.3) is 5.91 Å². The normalized spacial score (nSPS) is 11.2. The summed E-state index contributed by atoms with van der Waals surface area (Å²) in [6, 6.07) is 27.3. The van der Waals surface area contributed by atoms with Gasteiger partial charge in [0.1, 0.15) is 11.7 Å². The number of carboxylic acids is 1. The van der Waals surface area contributed by atoms with E-state index >= 15 is 0 Å². The van der Waals surface area contributed by atoms with E-state index in [0.29, 0.717) is 11.4 Å². The summed E-state index contributed by atoms with van der Waals surface area (Å²) in [6.07, 6.45) is 1.72. The van der Waals surface area contributed by atoms with Gasteiger partial charge in [-0.25, -0.2) is 9.59 Å². The Kier molecular flexibility index (Phi) is 7.67. The quantitative estimate of drug-likeness (QED) is 0.288. The Labute approximate surface area is 208 Å². The van der Waals surface area contributed by atoms with Crippen LogP contribution in [0.1, 0.15) is 16.1 Å². The number of nitrogens with zero attached hydrogens (tertiary/aromatic N) is 1. The van der Waals surface area contributed by atoms with E-state index in [1.165, 1.54) is 0 Å². The van der Waals surface area contributed by atoms with E-state index < -0.39 is 17.9 Å². The van der Waals surface area contributed by atoms with Crippen LogP contribution in [-0.2, 0) is 11.2 Å². The van der Waals surface area contributed by atoms with Crippen molar-refractivity contribution in [2.45, 2.75) is 12.5 Å². The number of rotatable bonds is 8. The number of para-hydroxylation sites is 1. The molecule has 0 aliphatic rings. The fourth-order valence-electron chi connectivity index (χ4n) is 3.54. The van der Waals surface area contributed by atoms with Crippen LogP contribution >= 0.6 is 0 Å². The highest BCUT2D eigenvalue weighted by Gasteiger charge is 2.21. The lowest BCUT2D eigenvalue weighted by Gasteiger charge is -2.14. The average Bonchev–Trinajstić information content (AvgIpc) is 2.90. The van der Waals surface area contributed by atoms with E-state index in [-0.39, 0.29) is 18.1 Å². The molecule has 36 heavy (non-hydrogen) atoms. The molecule has 4 aromatic rings. The van der Waals surface area contributed by atoms with E-state index in [1.807, 2.05) is 60.7 Å². The molecular weight excluding hydrogens is 456 g/mol. The number of hydrogen-bond acceptors (Lipinski definition) is 4. The maximum Gasteiger partial charge on any atom is 0.326 e. The SMILES string of the molecule is O=C(Nc1ccccc1)Nc1ccc(-c2ccc(C(=O)N[C@@H](Cc3ccccc3)C(=O)O)nc2)cc1. The van der Waals surface area contributed by atoms with Gasteiger partial charge in [0, 0.05) is 29.6 Å². The van der Waals surface area contributed by atoms with Gasteiger partial charge in [0.05, 0.1) is 0 Å². The van der Waals surface area contributed by atoms with Crippen LogP contribution in [0.5, 0.6) is 0 Å². The summed E-state index contributed by atoms with van der Waals surface area (Å²) in [5.41, 5.74) is 3.85. The highest BCUT2D eigenvalue weighted by Crippen LogP contribution is 2.21. The zero-order valence-electron chi connectivity index (χ0n) is 19.2. The third-order valence-corrected chi connectivity index (χ3v) is 5.39. The van der Waals surface area contributed by atoms with Crippen molar-refractivity contribution in [2.24, 2.45) is 0 Å². The smallest absolute Gasteiger partial charge is 0.326 e. The predicted octanol–water partition coefficient (Wildman–Crippen LogP) is 4.82. The van der Waals surface area contributed by atoms with Crippen molar-refractivity contribution in [1.29, 1.82) is 0 Å². The summed E-state index contributed by atoms with van der Waals surface area (Å²) >= 11 is 0. The summed E-state index contributed by atoms with van der Waals surface area (Å²) in [5, 5.41) is 17.6. The van der Waals surface area contributed by atoms with Crippen molar-refractivity contribution < 1.29 is 19.5 Å². The van der Waals surface area contributed by atoms with Crippen LogP contribution in [0, 0.1) is 0 Å². The summed E-state index contributed by atoms with van der Waals surface area (Å²) in [7, 11) is 0. The number of aliphatic carboxylic acids is 1. The van der Waals surface area contributed by atoms with Gasteiger partial charge < -0.3 is 21.1 Å². The topological polar surface area (TPSA) is 120 Å². The molecule has 0 aliphatic carbocycles. The van der Waals surface area contributed by atoms with Crippen molar-refractivity contribution in [1.82, 2.24) is 10.3 Å². The minimum atomic E-state index is -1.12. The highest BCUT2D eigenvalue weighted by atomic mass is 16.4. The molecule has 8 nitrogen and oxygen atoms in total. The van der Waals surface area contributed by atoms with Crippen LogP contribution in [0.15, 0.2) is 103 Å². The first-order valence-corrected chi connectivity index (χ1v) is 11.2. The molecule has 0 radical (unpaired) electrons. The van der Waals surface area contributed by atoms with Crippen molar-refractivity contribution >= 4 is 29.3 Å². The van der Waals surface area contributed by atoms with Crippen molar-refractivity contribution in [3.63, 3.8) is 0 Å². The number of urea groups is 1. The van der Waals surface area contributed by atoms with Gasteiger partial charge in [-0.05, 0) is 41.5 Å². The molecule has 3 amide bonds. The number of nitrogens with one attached hydrogen (secondary N) is 3. The number of pyridine rings is 1. The van der Waals surface area contributed by atoms with E-state index in [4.69, 9.17) is 0 Å². The number of benzene rings is 3. The average molecular weight is 481 g/mol. The molecule has 0 aliphatic heterocycles. The van der Waals surface area contributed by atoms with Crippen LogP contribution in [0.3, 0.4) is 0 Å². The minimum Gasteiger partial charge on any atom is -0.480 e. The molecule has 3 aromatic carbocycles. The largest absolute Gasteiger partial charge is 0.480 e. The highest BCUT2D eigenvalue weighted by molar-refractivity contribution is 6.00. The Morgan fingerprint density at radius 3 is 1.89 bits per heavy atom. The molecule has 0 fully saturated rings. The number of amides is 3. The van der Waals surface area contributed by atoms with Crippen LogP contribution in [-0.4, -0.2) is 34.0 Å². The summed E-state index contributed by atoms with van der Waals surface area (Å²) in [5.74, 6) is -1.68. The monoisotopic (exact) mass is 480 g/mol. The molecular formula is C28H24N4O4. The second-order valence-electron chi connectivity index (χ2n) is 8.01. The molecule has 1 aromatic heterocycles. The second kappa shape index (κ2) is 11.4. The van der Waals surface area contributed by atoms with Crippen molar-refractivity contribution in [3.05, 3.63) is 115 Å². The molecule has 4 rings (SSSR count). The van der Waals surface area contributed by atoms with Gasteiger partial charge in [-0.1, -0.05) is 66.7 Å². The number of carboxylic acid groups (broad SMARTS) is 1. The van der Waals surface area contributed by atoms with Gasteiger partial charge in [-0.15, -0.1) is 0 Å². The van der Waals surface area contributed by atoms with E-state index in [0.717, 1.165) is 16.7 Å². The van der Waals surface area contributed by atoms with Crippen LogP contribution in [0.25, 0.3) is 11.1 Å². The third-order valence-electron chi connectivity index (χ3n) is 5.39. The van der Waals surface area contributed by atoms with Gasteiger partial charge in [-0.2, -0.15) is 0 Å². The summed E-state index contributed by atoms with van der Waals surface area (Å²) in [6.45, 7) is 0. The molecule has 0 saturated carbocycles. The van der Waals surface area contributed by atoms with Crippen molar-refractivity contribution in [3.8, 4) is 11.1 Å². The molecule has 0 unspecified atom stereocenters. The molecule has 180 valence electrons. The van der Waals surface area contributed by atoms with Crippen LogP contribution < -0.4 is 16.0 Å². The molecule has 0 bridgehead atoms. The Balaban J connectivity index is 1.36. The number of carbonyl (C=O) groups excluding carboxylic acids is 2. The molecule has 1 atom stereocenters. The van der Waals surface area contributed by atoms with Crippen LogP contribution in [0.4, 0.5) is 16.2 Å². The Morgan fingerprint density at radius 1 is 0.722 bits per heavy atom. The maximum atomic E-state index is 12.6. The fraction of sp³-hybridized carbons (Fsp3) is 0.0714. The Bertz CT molecular complexity index is 1330. The second-order valence-corrected chi connectivity index (χ2v) is 8.01. The zero-order valence-corrected chi connectivity index (χ0v) is 19.2. The van der Waals surface area contributed by atoms with Crippen LogP contribution in [0.2, 0.25) is 0 Å². The first kappa shape index (κ1) is 24.2.